The third-order valence-corrected chi connectivity index (χ3v) is 4.84. The monoisotopic (exact) mass is 496 g/mol. The number of nitrogens with two attached hydrogens (primary N) is 1. The lowest BCUT2D eigenvalue weighted by Gasteiger charge is -2.30. The van der Waals surface area contributed by atoms with E-state index in [0.717, 1.165) is 71.5 Å². The average Bonchev–Trinajstić information content (AvgIpc) is 2.59. The second-order valence-electron chi connectivity index (χ2n) is 8.30. The van der Waals surface area contributed by atoms with Crippen molar-refractivity contribution in [3.05, 3.63) is 0 Å². The number of aliphatic imine (C=N–C) groups is 1. The van der Waals surface area contributed by atoms with Gasteiger partial charge in [0.25, 0.3) is 0 Å². The van der Waals surface area contributed by atoms with E-state index in [1.165, 1.54) is 0 Å². The molecule has 1 heterocycles. The van der Waals surface area contributed by atoms with Crippen LogP contribution in [0.4, 0.5) is 0 Å². The summed E-state index contributed by atoms with van der Waals surface area (Å²) in [6.45, 7) is 11.2. The maximum Gasteiger partial charge on any atom is 0.309 e. The van der Waals surface area contributed by atoms with E-state index in [-0.39, 0.29) is 35.9 Å². The van der Waals surface area contributed by atoms with Crippen molar-refractivity contribution in [3.63, 3.8) is 0 Å². The zero-order valence-corrected chi connectivity index (χ0v) is 19.4. The minimum atomic E-state index is -0.412. The van der Waals surface area contributed by atoms with Crippen LogP contribution in [0, 0.1) is 5.92 Å². The van der Waals surface area contributed by atoms with Crippen LogP contribution in [-0.2, 0) is 14.3 Å². The standard InChI is InChI=1S/C19H36N4O3.HI/c1-19(2,3)26-17(24)15-5-7-16(8-6-15)22-18(20)21-9-4-10-23-11-13-25-14-12-23;/h15-16H,4-14H2,1-3H3,(H3,20,21,22);1H. The predicted molar refractivity (Wildman–Crippen MR) is 119 cm³/mol. The highest BCUT2D eigenvalue weighted by molar-refractivity contribution is 14.0. The Balaban J connectivity index is 0.00000364. The van der Waals surface area contributed by atoms with Gasteiger partial charge in [-0.3, -0.25) is 14.7 Å². The zero-order chi connectivity index (χ0) is 19.0. The number of morpholine rings is 1. The van der Waals surface area contributed by atoms with E-state index in [1.807, 2.05) is 20.8 Å². The molecule has 0 aromatic carbocycles. The molecule has 2 fully saturated rings. The van der Waals surface area contributed by atoms with Gasteiger partial charge < -0.3 is 20.5 Å². The molecule has 2 aliphatic rings. The molecule has 1 aliphatic carbocycles. The van der Waals surface area contributed by atoms with Crippen molar-refractivity contribution in [3.8, 4) is 0 Å². The summed E-state index contributed by atoms with van der Waals surface area (Å²) in [6.07, 6.45) is 4.55. The van der Waals surface area contributed by atoms with Gasteiger partial charge in [0.1, 0.15) is 5.60 Å². The molecule has 8 heteroatoms. The Hall–Kier alpha value is -0.610. The van der Waals surface area contributed by atoms with Gasteiger partial charge in [-0.05, 0) is 52.9 Å². The summed E-state index contributed by atoms with van der Waals surface area (Å²) < 4.78 is 10.8. The molecular weight excluding hydrogens is 459 g/mol. The topological polar surface area (TPSA) is 89.2 Å². The molecule has 0 atom stereocenters. The SMILES string of the molecule is CC(C)(C)OC(=O)C1CCC(NC(N)=NCCCN2CCOCC2)CC1.I. The summed E-state index contributed by atoms with van der Waals surface area (Å²) in [5.74, 6) is 0.465. The minimum Gasteiger partial charge on any atom is -0.460 e. The Labute approximate surface area is 180 Å². The van der Waals surface area contributed by atoms with Crippen LogP contribution in [0.1, 0.15) is 52.9 Å². The predicted octanol–water partition coefficient (Wildman–Crippen LogP) is 2.13. The number of ether oxygens (including phenoxy) is 2. The molecule has 1 saturated carbocycles. The van der Waals surface area contributed by atoms with Crippen LogP contribution in [0.15, 0.2) is 4.99 Å². The Morgan fingerprint density at radius 2 is 1.85 bits per heavy atom. The van der Waals surface area contributed by atoms with Crippen LogP contribution in [0.3, 0.4) is 0 Å². The van der Waals surface area contributed by atoms with Gasteiger partial charge in [0.2, 0.25) is 0 Å². The van der Waals surface area contributed by atoms with E-state index in [9.17, 15) is 4.79 Å². The third-order valence-electron chi connectivity index (χ3n) is 4.84. The highest BCUT2D eigenvalue weighted by atomic mass is 127. The Morgan fingerprint density at radius 1 is 1.22 bits per heavy atom. The first-order valence-electron chi connectivity index (χ1n) is 9.93. The number of hydrogen-bond donors (Lipinski definition) is 2. The molecule has 2 rings (SSSR count). The van der Waals surface area contributed by atoms with E-state index < -0.39 is 5.60 Å². The molecule has 0 aromatic rings. The molecule has 0 bridgehead atoms. The molecular formula is C19H37IN4O3. The maximum atomic E-state index is 12.1. The van der Waals surface area contributed by atoms with E-state index in [4.69, 9.17) is 15.2 Å². The fraction of sp³-hybridized carbons (Fsp3) is 0.895. The van der Waals surface area contributed by atoms with Gasteiger partial charge in [0.15, 0.2) is 5.96 Å². The minimum absolute atomic E-state index is 0. The first-order chi connectivity index (χ1) is 12.3. The number of carbonyl (C=O) groups is 1. The first-order valence-corrected chi connectivity index (χ1v) is 9.93. The van der Waals surface area contributed by atoms with Gasteiger partial charge in [0, 0.05) is 32.2 Å². The van der Waals surface area contributed by atoms with Crippen LogP contribution in [-0.4, -0.2) is 67.9 Å². The van der Waals surface area contributed by atoms with Crippen molar-refractivity contribution in [1.29, 1.82) is 0 Å². The van der Waals surface area contributed by atoms with Crippen LogP contribution in [0.25, 0.3) is 0 Å². The number of halogens is 1. The average molecular weight is 496 g/mol. The lowest BCUT2D eigenvalue weighted by molar-refractivity contribution is -0.161. The Bertz CT molecular complexity index is 468. The van der Waals surface area contributed by atoms with Crippen LogP contribution < -0.4 is 11.1 Å². The molecule has 0 radical (unpaired) electrons. The number of carbonyl (C=O) groups excluding carboxylic acids is 1. The number of nitrogens with zero attached hydrogens (tertiary/aromatic N) is 2. The van der Waals surface area contributed by atoms with Crippen molar-refractivity contribution in [1.82, 2.24) is 10.2 Å². The maximum absolute atomic E-state index is 12.1. The van der Waals surface area contributed by atoms with Crippen molar-refractivity contribution in [2.45, 2.75) is 64.5 Å². The highest BCUT2D eigenvalue weighted by Gasteiger charge is 2.30. The molecule has 7 nitrogen and oxygen atoms in total. The summed E-state index contributed by atoms with van der Waals surface area (Å²) in [6, 6.07) is 0.302. The molecule has 0 aromatic heterocycles. The van der Waals surface area contributed by atoms with Gasteiger partial charge in [-0.2, -0.15) is 0 Å². The quantitative estimate of drug-likeness (QED) is 0.193. The van der Waals surface area contributed by atoms with Gasteiger partial charge in [0.05, 0.1) is 19.1 Å². The zero-order valence-electron chi connectivity index (χ0n) is 17.0. The summed E-state index contributed by atoms with van der Waals surface area (Å²) in [4.78, 5) is 19.0. The summed E-state index contributed by atoms with van der Waals surface area (Å²) in [5.41, 5.74) is 5.60. The fourth-order valence-corrected chi connectivity index (χ4v) is 3.43. The Kier molecular flexibility index (Phi) is 10.9. The van der Waals surface area contributed by atoms with Crippen LogP contribution in [0.5, 0.6) is 0 Å². The summed E-state index contributed by atoms with van der Waals surface area (Å²) in [5, 5.41) is 3.31. The van der Waals surface area contributed by atoms with E-state index in [2.05, 4.69) is 15.2 Å². The van der Waals surface area contributed by atoms with Gasteiger partial charge >= 0.3 is 5.97 Å². The molecule has 27 heavy (non-hydrogen) atoms. The number of esters is 1. The third kappa shape index (κ3) is 9.94. The number of rotatable bonds is 6. The molecule has 3 N–H and O–H groups in total. The van der Waals surface area contributed by atoms with Gasteiger partial charge in [-0.25, -0.2) is 0 Å². The van der Waals surface area contributed by atoms with Crippen LogP contribution >= 0.6 is 24.0 Å². The summed E-state index contributed by atoms with van der Waals surface area (Å²) in [7, 11) is 0. The number of nitrogens with one attached hydrogen (secondary N) is 1. The number of guanidine groups is 1. The fourth-order valence-electron chi connectivity index (χ4n) is 3.43. The van der Waals surface area contributed by atoms with Crippen molar-refractivity contribution >= 4 is 35.9 Å². The smallest absolute Gasteiger partial charge is 0.309 e. The first kappa shape index (κ1) is 24.4. The van der Waals surface area contributed by atoms with Crippen LogP contribution in [0.2, 0.25) is 0 Å². The van der Waals surface area contributed by atoms with E-state index >= 15 is 0 Å². The second-order valence-corrected chi connectivity index (χ2v) is 8.30. The highest BCUT2D eigenvalue weighted by Crippen LogP contribution is 2.26. The molecule has 0 spiro atoms. The van der Waals surface area contributed by atoms with Gasteiger partial charge in [-0.15, -0.1) is 24.0 Å². The van der Waals surface area contributed by atoms with E-state index in [1.54, 1.807) is 0 Å². The molecule has 1 saturated heterocycles. The van der Waals surface area contributed by atoms with Crippen molar-refractivity contribution < 1.29 is 14.3 Å². The molecule has 158 valence electrons. The largest absolute Gasteiger partial charge is 0.460 e. The molecule has 1 aliphatic heterocycles. The Morgan fingerprint density at radius 3 is 2.44 bits per heavy atom. The van der Waals surface area contributed by atoms with Gasteiger partial charge in [-0.1, -0.05) is 0 Å². The molecule has 0 amide bonds. The molecule has 0 unspecified atom stereocenters. The number of hydrogen-bond acceptors (Lipinski definition) is 5. The van der Waals surface area contributed by atoms with Crippen molar-refractivity contribution in [2.24, 2.45) is 16.6 Å². The normalized spacial score (nSPS) is 24.8. The summed E-state index contributed by atoms with van der Waals surface area (Å²) >= 11 is 0. The lowest BCUT2D eigenvalue weighted by Crippen LogP contribution is -2.43. The van der Waals surface area contributed by atoms with E-state index in [0.29, 0.717) is 12.0 Å². The lowest BCUT2D eigenvalue weighted by atomic mass is 9.86. The second kappa shape index (κ2) is 12.1. The van der Waals surface area contributed by atoms with Crippen molar-refractivity contribution in [2.75, 3.05) is 39.4 Å².